The van der Waals surface area contributed by atoms with Gasteiger partial charge in [-0.05, 0) is 48.0 Å². The van der Waals surface area contributed by atoms with E-state index in [-0.39, 0.29) is 16.5 Å². The number of nitrogens with zero attached hydrogens (tertiary/aromatic N) is 5. The standard InChI is InChI=1S/C30H19N5O2S/c31-34-33-27-26-23(25-17-10-18-37-25)19-24(20-11-4-1-5-12-20)32-29(26)38-28(27)30(36)35(21-13-6-2-7-14-21)22-15-8-3-9-16-22/h1-19H. The summed E-state index contributed by atoms with van der Waals surface area (Å²) in [5.41, 5.74) is 13.5. The first-order valence-electron chi connectivity index (χ1n) is 11.8. The molecule has 0 bridgehead atoms. The Morgan fingerprint density at radius 3 is 2.08 bits per heavy atom. The van der Waals surface area contributed by atoms with Gasteiger partial charge in [-0.2, -0.15) is 0 Å². The number of hydrogen-bond acceptors (Lipinski definition) is 5. The highest BCUT2D eigenvalue weighted by Crippen LogP contribution is 2.45. The number of aromatic nitrogens is 1. The fourth-order valence-electron chi connectivity index (χ4n) is 4.39. The number of thiophene rings is 1. The van der Waals surface area contributed by atoms with Crippen molar-refractivity contribution in [2.24, 2.45) is 5.11 Å². The molecule has 3 aromatic carbocycles. The summed E-state index contributed by atoms with van der Waals surface area (Å²) in [6, 6.07) is 34.1. The molecule has 0 aliphatic rings. The molecule has 0 radical (unpaired) electrons. The first-order chi connectivity index (χ1) is 18.7. The lowest BCUT2D eigenvalue weighted by Gasteiger charge is -2.22. The van der Waals surface area contributed by atoms with Crippen molar-refractivity contribution in [2.75, 3.05) is 4.90 Å². The number of hydrogen-bond donors (Lipinski definition) is 0. The second kappa shape index (κ2) is 10.1. The number of fused-ring (bicyclic) bond motifs is 1. The third-order valence-electron chi connectivity index (χ3n) is 6.06. The predicted molar refractivity (Wildman–Crippen MR) is 151 cm³/mol. The van der Waals surface area contributed by atoms with Gasteiger partial charge in [-0.15, -0.1) is 11.3 Å². The summed E-state index contributed by atoms with van der Waals surface area (Å²) in [5.74, 6) is 0.267. The highest BCUT2D eigenvalue weighted by atomic mass is 32.1. The first-order valence-corrected chi connectivity index (χ1v) is 12.6. The lowest BCUT2D eigenvalue weighted by molar-refractivity contribution is 0.100. The van der Waals surface area contributed by atoms with Crippen LogP contribution in [0.3, 0.4) is 0 Å². The highest BCUT2D eigenvalue weighted by molar-refractivity contribution is 7.21. The van der Waals surface area contributed by atoms with Crippen LogP contribution in [0.4, 0.5) is 17.1 Å². The molecule has 7 nitrogen and oxygen atoms in total. The van der Waals surface area contributed by atoms with E-state index in [4.69, 9.17) is 9.40 Å². The molecule has 0 N–H and O–H groups in total. The Balaban J connectivity index is 1.62. The minimum Gasteiger partial charge on any atom is -0.464 e. The molecule has 182 valence electrons. The van der Waals surface area contributed by atoms with Crippen LogP contribution in [0.25, 0.3) is 43.2 Å². The van der Waals surface area contributed by atoms with Crippen molar-refractivity contribution < 1.29 is 9.21 Å². The van der Waals surface area contributed by atoms with Crippen LogP contribution in [0.5, 0.6) is 0 Å². The van der Waals surface area contributed by atoms with E-state index in [1.54, 1.807) is 17.2 Å². The summed E-state index contributed by atoms with van der Waals surface area (Å²) in [6.07, 6.45) is 1.59. The number of amides is 1. The summed E-state index contributed by atoms with van der Waals surface area (Å²) >= 11 is 1.20. The Morgan fingerprint density at radius 2 is 1.50 bits per heavy atom. The molecule has 3 aromatic heterocycles. The first kappa shape index (κ1) is 23.2. The largest absolute Gasteiger partial charge is 0.464 e. The minimum absolute atomic E-state index is 0.230. The van der Waals surface area contributed by atoms with Gasteiger partial charge in [0, 0.05) is 32.8 Å². The molecule has 1 amide bonds. The van der Waals surface area contributed by atoms with Crippen LogP contribution in [0, 0.1) is 0 Å². The summed E-state index contributed by atoms with van der Waals surface area (Å²) in [5, 5.41) is 4.60. The highest BCUT2D eigenvalue weighted by Gasteiger charge is 2.28. The summed E-state index contributed by atoms with van der Waals surface area (Å²) < 4.78 is 5.75. The number of para-hydroxylation sites is 2. The average Bonchev–Trinajstić information content (AvgIpc) is 3.64. The van der Waals surface area contributed by atoms with Crippen molar-refractivity contribution in [3.05, 3.63) is 131 Å². The van der Waals surface area contributed by atoms with E-state index in [1.165, 1.54) is 11.3 Å². The lowest BCUT2D eigenvalue weighted by Crippen LogP contribution is -2.25. The van der Waals surface area contributed by atoms with Crippen molar-refractivity contribution in [3.63, 3.8) is 0 Å². The smallest absolute Gasteiger partial charge is 0.273 e. The number of anilines is 2. The molecule has 0 fully saturated rings. The van der Waals surface area contributed by atoms with Gasteiger partial charge in [0.05, 0.1) is 17.6 Å². The van der Waals surface area contributed by atoms with Crippen LogP contribution in [0.1, 0.15) is 9.67 Å². The molecule has 0 spiro atoms. The fourth-order valence-corrected chi connectivity index (χ4v) is 5.45. The summed E-state index contributed by atoms with van der Waals surface area (Å²) in [7, 11) is 0. The zero-order chi connectivity index (χ0) is 25.9. The Kier molecular flexibility index (Phi) is 6.16. The monoisotopic (exact) mass is 513 g/mol. The lowest BCUT2D eigenvalue weighted by atomic mass is 10.0. The Bertz CT molecular complexity index is 1740. The van der Waals surface area contributed by atoms with Gasteiger partial charge in [0.15, 0.2) is 0 Å². The Morgan fingerprint density at radius 1 is 0.868 bits per heavy atom. The molecule has 38 heavy (non-hydrogen) atoms. The van der Waals surface area contributed by atoms with Gasteiger partial charge in [0.25, 0.3) is 5.91 Å². The molecule has 0 atom stereocenters. The molecule has 0 saturated carbocycles. The molecule has 8 heteroatoms. The van der Waals surface area contributed by atoms with E-state index in [2.05, 4.69) is 10.0 Å². The number of azide groups is 1. The molecule has 6 aromatic rings. The molecule has 3 heterocycles. The van der Waals surface area contributed by atoms with Crippen LogP contribution < -0.4 is 4.90 Å². The molecule has 0 aliphatic heterocycles. The molecule has 0 aliphatic carbocycles. The number of benzene rings is 3. The van der Waals surface area contributed by atoms with Gasteiger partial charge in [-0.1, -0.05) is 71.8 Å². The van der Waals surface area contributed by atoms with E-state index >= 15 is 0 Å². The molecule has 0 saturated heterocycles. The quantitative estimate of drug-likeness (QED) is 0.126. The van der Waals surface area contributed by atoms with E-state index in [0.29, 0.717) is 32.9 Å². The van der Waals surface area contributed by atoms with Gasteiger partial charge in [0.2, 0.25) is 0 Å². The van der Waals surface area contributed by atoms with Crippen molar-refractivity contribution >= 4 is 44.5 Å². The maximum atomic E-state index is 14.3. The number of pyridine rings is 1. The maximum absolute atomic E-state index is 14.3. The molecule has 6 rings (SSSR count). The van der Waals surface area contributed by atoms with Gasteiger partial charge in [-0.25, -0.2) is 4.98 Å². The Labute approximate surface area is 221 Å². The number of carbonyl (C=O) groups is 1. The SMILES string of the molecule is [N-]=[N+]=Nc1c(C(=O)N(c2ccccc2)c2ccccc2)sc2nc(-c3ccccc3)cc(-c3ccco3)c12. The van der Waals surface area contributed by atoms with Crippen molar-refractivity contribution in [2.45, 2.75) is 0 Å². The third kappa shape index (κ3) is 4.20. The summed E-state index contributed by atoms with van der Waals surface area (Å²) in [6.45, 7) is 0. The van der Waals surface area contributed by atoms with E-state index in [0.717, 1.165) is 11.3 Å². The predicted octanol–water partition coefficient (Wildman–Crippen LogP) is 9.14. The zero-order valence-electron chi connectivity index (χ0n) is 19.9. The molecule has 0 unspecified atom stereocenters. The number of furan rings is 1. The van der Waals surface area contributed by atoms with Gasteiger partial charge in [0.1, 0.15) is 15.5 Å². The zero-order valence-corrected chi connectivity index (χ0v) is 20.7. The second-order valence-electron chi connectivity index (χ2n) is 8.36. The maximum Gasteiger partial charge on any atom is 0.273 e. The van der Waals surface area contributed by atoms with Gasteiger partial charge < -0.3 is 4.42 Å². The van der Waals surface area contributed by atoms with E-state index in [9.17, 15) is 10.3 Å². The number of rotatable bonds is 6. The normalized spacial score (nSPS) is 10.7. The van der Waals surface area contributed by atoms with Crippen molar-refractivity contribution in [3.8, 4) is 22.6 Å². The van der Waals surface area contributed by atoms with Gasteiger partial charge >= 0.3 is 0 Å². The van der Waals surface area contributed by atoms with E-state index in [1.807, 2.05) is 103 Å². The van der Waals surface area contributed by atoms with Crippen LogP contribution in [0.2, 0.25) is 0 Å². The summed E-state index contributed by atoms with van der Waals surface area (Å²) in [4.78, 5) is 24.7. The van der Waals surface area contributed by atoms with E-state index < -0.39 is 0 Å². The Hall–Kier alpha value is -5.17. The average molecular weight is 514 g/mol. The fraction of sp³-hybridized carbons (Fsp3) is 0. The molecular formula is C30H19N5O2S. The van der Waals surface area contributed by atoms with Crippen molar-refractivity contribution in [1.82, 2.24) is 4.98 Å². The van der Waals surface area contributed by atoms with Crippen LogP contribution in [-0.4, -0.2) is 10.9 Å². The number of carbonyl (C=O) groups excluding carboxylic acids is 1. The van der Waals surface area contributed by atoms with Crippen LogP contribution in [-0.2, 0) is 0 Å². The third-order valence-corrected chi connectivity index (χ3v) is 7.12. The van der Waals surface area contributed by atoms with Crippen molar-refractivity contribution in [1.29, 1.82) is 0 Å². The second-order valence-corrected chi connectivity index (χ2v) is 9.36. The molecular weight excluding hydrogens is 494 g/mol. The van der Waals surface area contributed by atoms with Crippen LogP contribution >= 0.6 is 11.3 Å². The van der Waals surface area contributed by atoms with Gasteiger partial charge in [-0.3, -0.25) is 9.69 Å². The van der Waals surface area contributed by atoms with Crippen LogP contribution in [0.15, 0.2) is 125 Å². The minimum atomic E-state index is -0.320. The topological polar surface area (TPSA) is 95.1 Å².